The predicted molar refractivity (Wildman–Crippen MR) is 84.5 cm³/mol. The number of nitrogens with zero attached hydrogens (tertiary/aromatic N) is 1. The highest BCUT2D eigenvalue weighted by Gasteiger charge is 2.06. The van der Waals surface area contributed by atoms with Crippen LogP contribution in [-0.4, -0.2) is 17.1 Å². The van der Waals surface area contributed by atoms with E-state index in [1.54, 1.807) is 18.3 Å². The highest BCUT2D eigenvalue weighted by molar-refractivity contribution is 6.01. The maximum Gasteiger partial charge on any atom is 0.271 e. The lowest BCUT2D eigenvalue weighted by atomic mass is 10.1. The molecule has 1 amide bonds. The zero-order chi connectivity index (χ0) is 14.7. The smallest absolute Gasteiger partial charge is 0.271 e. The first-order chi connectivity index (χ1) is 10.3. The number of carbonyl (C=O) groups excluding carboxylic acids is 1. The van der Waals surface area contributed by atoms with Crippen LogP contribution in [-0.2, 0) is 0 Å². The van der Waals surface area contributed by atoms with Crippen LogP contribution in [0, 0.1) is 6.92 Å². The van der Waals surface area contributed by atoms with Gasteiger partial charge in [0.25, 0.3) is 5.91 Å². The van der Waals surface area contributed by atoms with Gasteiger partial charge in [-0.05, 0) is 25.1 Å². The van der Waals surface area contributed by atoms with Gasteiger partial charge in [-0.25, -0.2) is 5.43 Å². The van der Waals surface area contributed by atoms with Gasteiger partial charge in [-0.15, -0.1) is 0 Å². The number of para-hydroxylation sites is 1. The van der Waals surface area contributed by atoms with Crippen molar-refractivity contribution in [3.05, 3.63) is 71.4 Å². The summed E-state index contributed by atoms with van der Waals surface area (Å²) in [5, 5.41) is 5.15. The minimum atomic E-state index is -0.218. The molecule has 0 saturated carbocycles. The molecule has 0 spiro atoms. The van der Waals surface area contributed by atoms with Crippen LogP contribution in [0.4, 0.5) is 0 Å². The average molecular weight is 277 g/mol. The van der Waals surface area contributed by atoms with Gasteiger partial charge in [0.1, 0.15) is 0 Å². The summed E-state index contributed by atoms with van der Waals surface area (Å²) in [6.07, 6.45) is 1.68. The molecule has 2 N–H and O–H groups in total. The van der Waals surface area contributed by atoms with Crippen LogP contribution in [0.2, 0.25) is 0 Å². The van der Waals surface area contributed by atoms with Crippen molar-refractivity contribution >= 4 is 23.0 Å². The molecule has 1 heterocycles. The van der Waals surface area contributed by atoms with Crippen molar-refractivity contribution in [1.29, 1.82) is 0 Å². The molecule has 3 aromatic rings. The number of amides is 1. The molecule has 0 aliphatic carbocycles. The molecule has 0 atom stereocenters. The van der Waals surface area contributed by atoms with Gasteiger partial charge in [-0.2, -0.15) is 5.10 Å². The van der Waals surface area contributed by atoms with Gasteiger partial charge in [-0.1, -0.05) is 36.4 Å². The fourth-order valence-corrected chi connectivity index (χ4v) is 2.27. The summed E-state index contributed by atoms with van der Waals surface area (Å²) in [5.41, 5.74) is 6.20. The van der Waals surface area contributed by atoms with Crippen molar-refractivity contribution in [2.45, 2.75) is 6.92 Å². The largest absolute Gasteiger partial charge is 0.358 e. The number of H-pyrrole nitrogens is 1. The summed E-state index contributed by atoms with van der Waals surface area (Å²) in [7, 11) is 0. The number of aromatic amines is 1. The second-order valence-electron chi connectivity index (χ2n) is 4.77. The van der Waals surface area contributed by atoms with E-state index < -0.39 is 0 Å². The van der Waals surface area contributed by atoms with E-state index in [2.05, 4.69) is 15.5 Å². The van der Waals surface area contributed by atoms with E-state index in [1.807, 2.05) is 49.4 Å². The van der Waals surface area contributed by atoms with Crippen LogP contribution in [0.5, 0.6) is 0 Å². The molecule has 104 valence electrons. The zero-order valence-electron chi connectivity index (χ0n) is 11.6. The van der Waals surface area contributed by atoms with Gasteiger partial charge in [-0.3, -0.25) is 4.79 Å². The molecule has 0 radical (unpaired) electrons. The fraction of sp³-hybridized carbons (Fsp3) is 0.0588. The van der Waals surface area contributed by atoms with E-state index >= 15 is 0 Å². The summed E-state index contributed by atoms with van der Waals surface area (Å²) < 4.78 is 0. The second kappa shape index (κ2) is 5.63. The van der Waals surface area contributed by atoms with Crippen molar-refractivity contribution in [3.63, 3.8) is 0 Å². The Bertz CT molecular complexity index is 803. The van der Waals surface area contributed by atoms with E-state index in [0.717, 1.165) is 22.2 Å². The third kappa shape index (κ3) is 2.69. The molecule has 2 aromatic carbocycles. The van der Waals surface area contributed by atoms with Crippen molar-refractivity contribution < 1.29 is 4.79 Å². The molecular formula is C17H15N3O. The second-order valence-corrected chi connectivity index (χ2v) is 4.77. The monoisotopic (exact) mass is 277 g/mol. The highest BCUT2D eigenvalue weighted by Crippen LogP contribution is 2.19. The Morgan fingerprint density at radius 3 is 2.62 bits per heavy atom. The molecule has 4 heteroatoms. The quantitative estimate of drug-likeness (QED) is 0.560. The van der Waals surface area contributed by atoms with Crippen LogP contribution in [0.1, 0.15) is 21.6 Å². The first-order valence-corrected chi connectivity index (χ1v) is 6.71. The maximum atomic E-state index is 11.9. The zero-order valence-corrected chi connectivity index (χ0v) is 11.6. The van der Waals surface area contributed by atoms with Crippen molar-refractivity contribution in [2.24, 2.45) is 5.10 Å². The molecule has 1 aromatic heterocycles. The van der Waals surface area contributed by atoms with E-state index in [4.69, 9.17) is 0 Å². The number of hydrogen-bond donors (Lipinski definition) is 2. The number of carbonyl (C=O) groups is 1. The molecule has 0 fully saturated rings. The topological polar surface area (TPSA) is 57.2 Å². The lowest BCUT2D eigenvalue weighted by Gasteiger charge is -1.99. The summed E-state index contributed by atoms with van der Waals surface area (Å²) in [6, 6.07) is 17.0. The first kappa shape index (κ1) is 13.1. The minimum absolute atomic E-state index is 0.218. The van der Waals surface area contributed by atoms with E-state index in [9.17, 15) is 4.79 Å². The van der Waals surface area contributed by atoms with Crippen LogP contribution in [0.3, 0.4) is 0 Å². The number of hydrazone groups is 1. The maximum absolute atomic E-state index is 11.9. The van der Waals surface area contributed by atoms with Crippen LogP contribution in [0.25, 0.3) is 10.9 Å². The molecule has 0 aliphatic heterocycles. The predicted octanol–water partition coefficient (Wildman–Crippen LogP) is 3.24. The number of aryl methyl sites for hydroxylation is 1. The van der Waals surface area contributed by atoms with Crippen LogP contribution in [0.15, 0.2) is 59.7 Å². The van der Waals surface area contributed by atoms with Gasteiger partial charge in [0, 0.05) is 27.7 Å². The van der Waals surface area contributed by atoms with Gasteiger partial charge in [0.15, 0.2) is 0 Å². The van der Waals surface area contributed by atoms with E-state index in [-0.39, 0.29) is 5.91 Å². The minimum Gasteiger partial charge on any atom is -0.358 e. The SMILES string of the molecule is Cc1[nH]c2ccccc2c1/C=N/NC(=O)c1ccccc1. The fourth-order valence-electron chi connectivity index (χ4n) is 2.27. The van der Waals surface area contributed by atoms with Gasteiger partial charge in [0.05, 0.1) is 6.21 Å². The first-order valence-electron chi connectivity index (χ1n) is 6.71. The number of aromatic nitrogens is 1. The summed E-state index contributed by atoms with van der Waals surface area (Å²) in [6.45, 7) is 1.99. The Balaban J connectivity index is 1.79. The summed E-state index contributed by atoms with van der Waals surface area (Å²) in [5.74, 6) is -0.218. The average Bonchev–Trinajstić information content (AvgIpc) is 2.84. The van der Waals surface area contributed by atoms with Crippen molar-refractivity contribution in [1.82, 2.24) is 10.4 Å². The normalized spacial score (nSPS) is 11.1. The number of benzene rings is 2. The van der Waals surface area contributed by atoms with Crippen molar-refractivity contribution in [2.75, 3.05) is 0 Å². The van der Waals surface area contributed by atoms with E-state index in [1.165, 1.54) is 0 Å². The molecular weight excluding hydrogens is 262 g/mol. The molecule has 0 saturated heterocycles. The van der Waals surface area contributed by atoms with Gasteiger partial charge < -0.3 is 4.98 Å². The Kier molecular flexibility index (Phi) is 3.51. The Morgan fingerprint density at radius 1 is 1.10 bits per heavy atom. The number of fused-ring (bicyclic) bond motifs is 1. The highest BCUT2D eigenvalue weighted by atomic mass is 16.2. The molecule has 21 heavy (non-hydrogen) atoms. The third-order valence-electron chi connectivity index (χ3n) is 3.34. The number of rotatable bonds is 3. The molecule has 4 nitrogen and oxygen atoms in total. The lowest BCUT2D eigenvalue weighted by molar-refractivity contribution is 0.0955. The number of nitrogens with one attached hydrogen (secondary N) is 2. The standard InChI is InChI=1S/C17H15N3O/c1-12-15(14-9-5-6-10-16(14)19-12)11-18-20-17(21)13-7-3-2-4-8-13/h2-11,19H,1H3,(H,20,21)/b18-11+. The molecule has 0 aliphatic rings. The van der Waals surface area contributed by atoms with Crippen LogP contribution < -0.4 is 5.43 Å². The van der Waals surface area contributed by atoms with Gasteiger partial charge >= 0.3 is 0 Å². The Labute approximate surface area is 122 Å². The third-order valence-corrected chi connectivity index (χ3v) is 3.34. The van der Waals surface area contributed by atoms with Crippen molar-refractivity contribution in [3.8, 4) is 0 Å². The van der Waals surface area contributed by atoms with Crippen LogP contribution >= 0.6 is 0 Å². The molecule has 3 rings (SSSR count). The summed E-state index contributed by atoms with van der Waals surface area (Å²) in [4.78, 5) is 15.2. The molecule has 0 unspecified atom stereocenters. The van der Waals surface area contributed by atoms with E-state index in [0.29, 0.717) is 5.56 Å². The lowest BCUT2D eigenvalue weighted by Crippen LogP contribution is -2.17. The van der Waals surface area contributed by atoms with Gasteiger partial charge in [0.2, 0.25) is 0 Å². The molecule has 0 bridgehead atoms. The summed E-state index contributed by atoms with van der Waals surface area (Å²) >= 11 is 0. The Hall–Kier alpha value is -2.88. The Morgan fingerprint density at radius 2 is 1.81 bits per heavy atom. The number of hydrogen-bond acceptors (Lipinski definition) is 2.